The Kier molecular flexibility index (Phi) is 3.59. The number of rotatable bonds is 4. The maximum atomic E-state index is 12.4. The van der Waals surface area contributed by atoms with Crippen LogP contribution in [0.2, 0.25) is 0 Å². The molecule has 1 aromatic rings. The van der Waals surface area contributed by atoms with E-state index in [4.69, 9.17) is 9.47 Å². The number of ether oxygens (including phenoxy) is 2. The first-order valence-corrected chi connectivity index (χ1v) is 6.97. The summed E-state index contributed by atoms with van der Waals surface area (Å²) in [6, 6.07) is 4.21. The van der Waals surface area contributed by atoms with Gasteiger partial charge in [-0.25, -0.2) is 0 Å². The minimum Gasteiger partial charge on any atom is -0.369 e. The molecule has 2 heterocycles. The van der Waals surface area contributed by atoms with Crippen LogP contribution in [0, 0.1) is 10.1 Å². The molecule has 22 heavy (non-hydrogen) atoms. The standard InChI is InChI=1S/C14H16N2O6/c1-14(21-7-8-22-14)5-6-15-12(17)9-3-2-4-10(16(19)20)11(9)13(15)18/h2-4,13,18H,5-8H2,1H3. The van der Waals surface area contributed by atoms with Gasteiger partial charge in [0.2, 0.25) is 0 Å². The topological polar surface area (TPSA) is 102 Å². The average Bonchev–Trinajstić information content (AvgIpc) is 3.01. The molecular formula is C14H16N2O6. The third-order valence-electron chi connectivity index (χ3n) is 4.03. The van der Waals surface area contributed by atoms with Gasteiger partial charge in [-0.2, -0.15) is 0 Å². The molecule has 0 radical (unpaired) electrons. The fourth-order valence-electron chi connectivity index (χ4n) is 2.84. The van der Waals surface area contributed by atoms with E-state index in [-0.39, 0.29) is 23.4 Å². The van der Waals surface area contributed by atoms with Crippen LogP contribution in [-0.4, -0.2) is 46.4 Å². The highest BCUT2D eigenvalue weighted by Gasteiger charge is 2.42. The van der Waals surface area contributed by atoms with Gasteiger partial charge in [0.15, 0.2) is 12.0 Å². The molecular weight excluding hydrogens is 292 g/mol. The van der Waals surface area contributed by atoms with E-state index in [1.165, 1.54) is 23.1 Å². The van der Waals surface area contributed by atoms with Crippen molar-refractivity contribution in [3.05, 3.63) is 39.4 Å². The van der Waals surface area contributed by atoms with E-state index in [1.54, 1.807) is 6.92 Å². The van der Waals surface area contributed by atoms with Crippen LogP contribution in [0.3, 0.4) is 0 Å². The average molecular weight is 308 g/mol. The number of benzene rings is 1. The van der Waals surface area contributed by atoms with E-state index in [0.29, 0.717) is 19.6 Å². The minimum absolute atomic E-state index is 0.0518. The number of carbonyl (C=O) groups is 1. The van der Waals surface area contributed by atoms with Gasteiger partial charge >= 0.3 is 0 Å². The molecule has 1 amide bonds. The summed E-state index contributed by atoms with van der Waals surface area (Å²) in [5.74, 6) is -1.21. The van der Waals surface area contributed by atoms with E-state index >= 15 is 0 Å². The Morgan fingerprint density at radius 2 is 2.14 bits per heavy atom. The van der Waals surface area contributed by atoms with Gasteiger partial charge in [-0.3, -0.25) is 14.9 Å². The zero-order valence-electron chi connectivity index (χ0n) is 12.0. The Hall–Kier alpha value is -2.03. The summed E-state index contributed by atoms with van der Waals surface area (Å²) >= 11 is 0. The van der Waals surface area contributed by atoms with Crippen molar-refractivity contribution in [3.8, 4) is 0 Å². The fourth-order valence-corrected chi connectivity index (χ4v) is 2.84. The third kappa shape index (κ3) is 2.35. The van der Waals surface area contributed by atoms with E-state index in [1.807, 2.05) is 0 Å². The molecule has 118 valence electrons. The molecule has 0 bridgehead atoms. The van der Waals surface area contributed by atoms with Crippen molar-refractivity contribution in [1.82, 2.24) is 4.90 Å². The predicted molar refractivity (Wildman–Crippen MR) is 74.0 cm³/mol. The van der Waals surface area contributed by atoms with Crippen molar-refractivity contribution in [1.29, 1.82) is 0 Å². The lowest BCUT2D eigenvalue weighted by Gasteiger charge is -2.27. The smallest absolute Gasteiger partial charge is 0.277 e. The van der Waals surface area contributed by atoms with Gasteiger partial charge < -0.3 is 19.5 Å². The number of amides is 1. The maximum absolute atomic E-state index is 12.4. The molecule has 2 aliphatic rings. The van der Waals surface area contributed by atoms with Crippen LogP contribution in [0.4, 0.5) is 5.69 Å². The maximum Gasteiger partial charge on any atom is 0.277 e. The highest BCUT2D eigenvalue weighted by molar-refractivity contribution is 6.00. The lowest BCUT2D eigenvalue weighted by molar-refractivity contribution is -0.386. The number of hydrogen-bond donors (Lipinski definition) is 1. The molecule has 1 N–H and O–H groups in total. The molecule has 0 saturated carbocycles. The second-order valence-electron chi connectivity index (χ2n) is 5.45. The lowest BCUT2D eigenvalue weighted by atomic mass is 10.1. The van der Waals surface area contributed by atoms with Gasteiger partial charge in [0, 0.05) is 19.0 Å². The molecule has 1 fully saturated rings. The van der Waals surface area contributed by atoms with E-state index in [2.05, 4.69) is 0 Å². The van der Waals surface area contributed by atoms with Gasteiger partial charge in [-0.1, -0.05) is 6.07 Å². The summed E-state index contributed by atoms with van der Waals surface area (Å²) in [5, 5.41) is 21.4. The van der Waals surface area contributed by atoms with Gasteiger partial charge in [-0.15, -0.1) is 0 Å². The van der Waals surface area contributed by atoms with Crippen molar-refractivity contribution >= 4 is 11.6 Å². The number of nitro benzene ring substituents is 1. The van der Waals surface area contributed by atoms with Crippen molar-refractivity contribution in [3.63, 3.8) is 0 Å². The molecule has 8 nitrogen and oxygen atoms in total. The Bertz CT molecular complexity index is 626. The number of nitrogens with zero attached hydrogens (tertiary/aromatic N) is 2. The van der Waals surface area contributed by atoms with E-state index in [0.717, 1.165) is 0 Å². The van der Waals surface area contributed by atoms with E-state index < -0.39 is 22.8 Å². The number of hydrogen-bond acceptors (Lipinski definition) is 6. The van der Waals surface area contributed by atoms with Crippen LogP contribution in [-0.2, 0) is 9.47 Å². The van der Waals surface area contributed by atoms with E-state index in [9.17, 15) is 20.0 Å². The van der Waals surface area contributed by atoms with Gasteiger partial charge in [-0.05, 0) is 13.0 Å². The Morgan fingerprint density at radius 1 is 1.45 bits per heavy atom. The summed E-state index contributed by atoms with van der Waals surface area (Å²) in [4.78, 5) is 24.0. The lowest BCUT2D eigenvalue weighted by Crippen LogP contribution is -2.35. The molecule has 1 saturated heterocycles. The van der Waals surface area contributed by atoms with Crippen LogP contribution in [0.5, 0.6) is 0 Å². The molecule has 0 aliphatic carbocycles. The fraction of sp³-hybridized carbons (Fsp3) is 0.500. The summed E-state index contributed by atoms with van der Waals surface area (Å²) in [6.07, 6.45) is -0.952. The van der Waals surface area contributed by atoms with Crippen molar-refractivity contribution < 1.29 is 24.3 Å². The largest absolute Gasteiger partial charge is 0.369 e. The highest BCUT2D eigenvalue weighted by Crippen LogP contribution is 2.38. The minimum atomic E-state index is -1.32. The molecule has 1 atom stereocenters. The SMILES string of the molecule is CC1(CCN2C(=O)c3cccc([N+](=O)[O-])c3C2O)OCCO1. The van der Waals surface area contributed by atoms with Gasteiger partial charge in [0.05, 0.1) is 29.3 Å². The second kappa shape index (κ2) is 5.31. The van der Waals surface area contributed by atoms with Crippen molar-refractivity contribution in [2.24, 2.45) is 0 Å². The first-order valence-electron chi connectivity index (χ1n) is 6.97. The first-order chi connectivity index (χ1) is 10.4. The molecule has 2 aliphatic heterocycles. The van der Waals surface area contributed by atoms with Crippen LogP contribution >= 0.6 is 0 Å². The zero-order chi connectivity index (χ0) is 15.9. The number of carbonyl (C=O) groups excluding carboxylic acids is 1. The van der Waals surface area contributed by atoms with Crippen molar-refractivity contribution in [2.75, 3.05) is 19.8 Å². The molecule has 1 aromatic carbocycles. The quantitative estimate of drug-likeness (QED) is 0.662. The van der Waals surface area contributed by atoms with Crippen LogP contribution in [0.15, 0.2) is 18.2 Å². The normalized spacial score (nSPS) is 22.9. The monoisotopic (exact) mass is 308 g/mol. The number of aliphatic hydroxyl groups excluding tert-OH is 1. The predicted octanol–water partition coefficient (Wildman–Crippen LogP) is 1.19. The molecule has 0 spiro atoms. The number of nitro groups is 1. The van der Waals surface area contributed by atoms with Crippen molar-refractivity contribution in [2.45, 2.75) is 25.4 Å². The third-order valence-corrected chi connectivity index (χ3v) is 4.03. The molecule has 8 heteroatoms. The number of aliphatic hydroxyl groups is 1. The molecule has 1 unspecified atom stereocenters. The summed E-state index contributed by atoms with van der Waals surface area (Å²) < 4.78 is 10.9. The van der Waals surface area contributed by atoms with Crippen LogP contribution in [0.25, 0.3) is 0 Å². The van der Waals surface area contributed by atoms with Crippen LogP contribution < -0.4 is 0 Å². The number of fused-ring (bicyclic) bond motifs is 1. The van der Waals surface area contributed by atoms with Crippen LogP contribution in [0.1, 0.15) is 35.5 Å². The zero-order valence-corrected chi connectivity index (χ0v) is 12.0. The summed E-state index contributed by atoms with van der Waals surface area (Å²) in [6.45, 7) is 2.92. The van der Waals surface area contributed by atoms with Gasteiger partial charge in [0.25, 0.3) is 11.6 Å². The van der Waals surface area contributed by atoms with Gasteiger partial charge in [0.1, 0.15) is 0 Å². The Labute approximate surface area is 126 Å². The summed E-state index contributed by atoms with van der Waals surface area (Å²) in [7, 11) is 0. The second-order valence-corrected chi connectivity index (χ2v) is 5.45. The summed E-state index contributed by atoms with van der Waals surface area (Å²) in [5.41, 5.74) is -0.0311. The highest BCUT2D eigenvalue weighted by atomic mass is 16.7. The Balaban J connectivity index is 1.82. The molecule has 3 rings (SSSR count). The Morgan fingerprint density at radius 3 is 2.77 bits per heavy atom. The first kappa shape index (κ1) is 14.9. The molecule has 0 aromatic heterocycles.